The number of ether oxygens (including phenoxy) is 2. The highest BCUT2D eigenvalue weighted by molar-refractivity contribution is 6.30. The second-order valence-electron chi connectivity index (χ2n) is 5.41. The van der Waals surface area contributed by atoms with Crippen molar-refractivity contribution < 1.29 is 19.1 Å². The molecule has 0 saturated carbocycles. The van der Waals surface area contributed by atoms with E-state index in [4.69, 9.17) is 21.1 Å². The normalized spacial score (nSPS) is 13.5. The van der Waals surface area contributed by atoms with E-state index >= 15 is 0 Å². The summed E-state index contributed by atoms with van der Waals surface area (Å²) < 4.78 is 11.3. The van der Waals surface area contributed by atoms with E-state index in [0.29, 0.717) is 16.4 Å². The Morgan fingerprint density at radius 1 is 1.04 bits per heavy atom. The van der Waals surface area contributed by atoms with Crippen LogP contribution in [-0.4, -0.2) is 35.9 Å². The first-order chi connectivity index (χ1) is 13.1. The summed E-state index contributed by atoms with van der Waals surface area (Å²) in [7, 11) is 2.50. The van der Waals surface area contributed by atoms with E-state index in [1.54, 1.807) is 40.2 Å². The number of allylic oxidation sites excluding steroid dienone is 2. The predicted octanol–water partition coefficient (Wildman–Crippen LogP) is 3.02. The fraction of sp³-hybridized carbons (Fsp3) is 0.105. The molecule has 1 aliphatic heterocycles. The molecule has 0 radical (unpaired) electrons. The summed E-state index contributed by atoms with van der Waals surface area (Å²) in [6.45, 7) is 0. The maximum atomic E-state index is 12.5. The average molecular weight is 386 g/mol. The quantitative estimate of drug-likeness (QED) is 0.753. The van der Waals surface area contributed by atoms with Crippen molar-refractivity contribution in [2.45, 2.75) is 0 Å². The first kappa shape index (κ1) is 18.5. The molecule has 0 atom stereocenters. The number of rotatable bonds is 4. The van der Waals surface area contributed by atoms with E-state index in [2.05, 4.69) is 5.10 Å². The van der Waals surface area contributed by atoms with Gasteiger partial charge in [0.05, 0.1) is 42.4 Å². The molecule has 8 heteroatoms. The number of carbonyl (C=O) groups is 2. The number of halogens is 1. The van der Waals surface area contributed by atoms with Crippen LogP contribution in [0.15, 0.2) is 72.4 Å². The standard InChI is InChI=1S/C19H16ClN3O4/c1-26-18(24)14-7-5-6-10-22(17(14)19(25)27-2)15-8-3-4-9-16(15)23-12-13(20)11-21-23/h3-12H,1-2H3. The van der Waals surface area contributed by atoms with Gasteiger partial charge in [0.1, 0.15) is 5.70 Å². The number of aromatic nitrogens is 2. The topological polar surface area (TPSA) is 73.7 Å². The lowest BCUT2D eigenvalue weighted by atomic mass is 10.1. The average Bonchev–Trinajstić information content (AvgIpc) is 3.00. The van der Waals surface area contributed by atoms with Crippen LogP contribution in [0, 0.1) is 0 Å². The minimum absolute atomic E-state index is 0.0278. The molecule has 0 aliphatic carbocycles. The molecule has 0 bridgehead atoms. The van der Waals surface area contributed by atoms with Crippen LogP contribution in [0.3, 0.4) is 0 Å². The molecule has 7 nitrogen and oxygen atoms in total. The van der Waals surface area contributed by atoms with Crippen molar-refractivity contribution in [3.8, 4) is 5.69 Å². The van der Waals surface area contributed by atoms with E-state index < -0.39 is 11.9 Å². The van der Waals surface area contributed by atoms with Gasteiger partial charge < -0.3 is 14.4 Å². The highest BCUT2D eigenvalue weighted by atomic mass is 35.5. The third kappa shape index (κ3) is 3.63. The zero-order valence-electron chi connectivity index (χ0n) is 14.6. The van der Waals surface area contributed by atoms with E-state index in [-0.39, 0.29) is 11.3 Å². The van der Waals surface area contributed by atoms with Gasteiger partial charge in [-0.05, 0) is 24.3 Å². The number of hydrogen-bond donors (Lipinski definition) is 0. The molecular weight excluding hydrogens is 370 g/mol. The summed E-state index contributed by atoms with van der Waals surface area (Å²) in [5.74, 6) is -1.33. The summed E-state index contributed by atoms with van der Waals surface area (Å²) in [6, 6.07) is 7.25. The molecule has 0 N–H and O–H groups in total. The monoisotopic (exact) mass is 385 g/mol. The van der Waals surface area contributed by atoms with Crippen molar-refractivity contribution in [3.05, 3.63) is 77.4 Å². The third-order valence-corrected chi connectivity index (χ3v) is 4.02. The van der Waals surface area contributed by atoms with Crippen LogP contribution in [0.2, 0.25) is 5.02 Å². The fourth-order valence-corrected chi connectivity index (χ4v) is 2.78. The molecule has 2 heterocycles. The van der Waals surface area contributed by atoms with Crippen LogP contribution < -0.4 is 4.90 Å². The zero-order chi connectivity index (χ0) is 19.4. The second kappa shape index (κ2) is 7.92. The highest BCUT2D eigenvalue weighted by Gasteiger charge is 2.28. The molecule has 0 unspecified atom stereocenters. The van der Waals surface area contributed by atoms with Gasteiger partial charge in [0.2, 0.25) is 0 Å². The van der Waals surface area contributed by atoms with Gasteiger partial charge in [0, 0.05) is 12.4 Å². The summed E-state index contributed by atoms with van der Waals surface area (Å²) in [4.78, 5) is 26.4. The van der Waals surface area contributed by atoms with E-state index in [0.717, 1.165) is 0 Å². The molecule has 138 valence electrons. The predicted molar refractivity (Wildman–Crippen MR) is 100 cm³/mol. The van der Waals surface area contributed by atoms with Gasteiger partial charge in [-0.3, -0.25) is 0 Å². The fourth-order valence-electron chi connectivity index (χ4n) is 2.65. The van der Waals surface area contributed by atoms with Crippen LogP contribution >= 0.6 is 11.6 Å². The van der Waals surface area contributed by atoms with Crippen molar-refractivity contribution in [2.75, 3.05) is 19.1 Å². The van der Waals surface area contributed by atoms with Gasteiger partial charge in [0.15, 0.2) is 0 Å². The van der Waals surface area contributed by atoms with Gasteiger partial charge in [0.25, 0.3) is 0 Å². The molecule has 27 heavy (non-hydrogen) atoms. The van der Waals surface area contributed by atoms with Gasteiger partial charge in [-0.15, -0.1) is 0 Å². The Morgan fingerprint density at radius 2 is 1.74 bits per heavy atom. The minimum atomic E-state index is -0.681. The summed E-state index contributed by atoms with van der Waals surface area (Å²) in [6.07, 6.45) is 9.65. The van der Waals surface area contributed by atoms with Crippen LogP contribution in [0.5, 0.6) is 0 Å². The number of methoxy groups -OCH3 is 2. The van der Waals surface area contributed by atoms with Gasteiger partial charge in [-0.2, -0.15) is 5.10 Å². The summed E-state index contributed by atoms with van der Waals surface area (Å²) >= 11 is 5.99. The van der Waals surface area contributed by atoms with E-state index in [1.165, 1.54) is 26.5 Å². The van der Waals surface area contributed by atoms with Gasteiger partial charge in [-0.25, -0.2) is 14.3 Å². The zero-order valence-corrected chi connectivity index (χ0v) is 15.4. The highest BCUT2D eigenvalue weighted by Crippen LogP contribution is 2.31. The van der Waals surface area contributed by atoms with Crippen LogP contribution in [-0.2, 0) is 19.1 Å². The van der Waals surface area contributed by atoms with Crippen molar-refractivity contribution >= 4 is 29.2 Å². The lowest BCUT2D eigenvalue weighted by Gasteiger charge is -2.25. The molecular formula is C19H16ClN3O4. The van der Waals surface area contributed by atoms with Gasteiger partial charge >= 0.3 is 11.9 Å². The van der Waals surface area contributed by atoms with Crippen molar-refractivity contribution in [1.82, 2.24) is 9.78 Å². The maximum absolute atomic E-state index is 12.5. The number of hydrogen-bond acceptors (Lipinski definition) is 6. The minimum Gasteiger partial charge on any atom is -0.465 e. The Hall–Kier alpha value is -3.32. The maximum Gasteiger partial charge on any atom is 0.355 e. The molecule has 3 rings (SSSR count). The molecule has 0 fully saturated rings. The number of para-hydroxylation sites is 2. The molecule has 1 aromatic carbocycles. The van der Waals surface area contributed by atoms with Crippen LogP contribution in [0.25, 0.3) is 5.69 Å². The molecule has 0 amide bonds. The number of anilines is 1. The molecule has 2 aromatic rings. The van der Waals surface area contributed by atoms with Crippen LogP contribution in [0.1, 0.15) is 0 Å². The number of carbonyl (C=O) groups excluding carboxylic acids is 2. The Morgan fingerprint density at radius 3 is 2.37 bits per heavy atom. The second-order valence-corrected chi connectivity index (χ2v) is 5.84. The van der Waals surface area contributed by atoms with E-state index in [9.17, 15) is 9.59 Å². The van der Waals surface area contributed by atoms with E-state index in [1.807, 2.05) is 18.2 Å². The smallest absolute Gasteiger partial charge is 0.355 e. The molecule has 0 spiro atoms. The van der Waals surface area contributed by atoms with Crippen molar-refractivity contribution in [1.29, 1.82) is 0 Å². The van der Waals surface area contributed by atoms with Crippen molar-refractivity contribution in [2.24, 2.45) is 0 Å². The van der Waals surface area contributed by atoms with Crippen LogP contribution in [0.4, 0.5) is 5.69 Å². The number of nitrogens with zero attached hydrogens (tertiary/aromatic N) is 3. The Kier molecular flexibility index (Phi) is 5.42. The Labute approximate surface area is 160 Å². The number of benzene rings is 1. The lowest BCUT2D eigenvalue weighted by Crippen LogP contribution is -2.27. The molecule has 1 aliphatic rings. The first-order valence-corrected chi connectivity index (χ1v) is 8.29. The Bertz CT molecular complexity index is 975. The number of esters is 2. The SMILES string of the molecule is COC(=O)C1=C(C(=O)OC)N(c2ccccc2-n2cc(Cl)cn2)C=CC=C1. The van der Waals surface area contributed by atoms with Gasteiger partial charge in [-0.1, -0.05) is 29.8 Å². The largest absolute Gasteiger partial charge is 0.465 e. The third-order valence-electron chi connectivity index (χ3n) is 3.83. The summed E-state index contributed by atoms with van der Waals surface area (Å²) in [5, 5.41) is 4.69. The molecule has 1 aromatic heterocycles. The van der Waals surface area contributed by atoms with Crippen molar-refractivity contribution in [3.63, 3.8) is 0 Å². The first-order valence-electron chi connectivity index (χ1n) is 7.91. The summed E-state index contributed by atoms with van der Waals surface area (Å²) in [5.41, 5.74) is 1.35. The Balaban J connectivity index is 2.23. The lowest BCUT2D eigenvalue weighted by molar-refractivity contribution is -0.139. The molecule has 0 saturated heterocycles.